The molecule has 8 nitrogen and oxygen atoms in total. The van der Waals surface area contributed by atoms with Gasteiger partial charge in [0.05, 0.1) is 11.1 Å². The van der Waals surface area contributed by atoms with Crippen LogP contribution in [0.5, 0.6) is 0 Å². The molecule has 2 heterocycles. The van der Waals surface area contributed by atoms with Gasteiger partial charge in [-0.05, 0) is 56.2 Å². The second-order valence-corrected chi connectivity index (χ2v) is 7.91. The van der Waals surface area contributed by atoms with Crippen molar-refractivity contribution in [2.24, 2.45) is 0 Å². The molecule has 0 radical (unpaired) electrons. The highest BCUT2D eigenvalue weighted by Crippen LogP contribution is 2.23. The molecule has 0 saturated heterocycles. The summed E-state index contributed by atoms with van der Waals surface area (Å²) in [6.07, 6.45) is 3.99. The van der Waals surface area contributed by atoms with Crippen molar-refractivity contribution in [1.29, 1.82) is 0 Å². The Labute approximate surface area is 192 Å². The van der Waals surface area contributed by atoms with Crippen LogP contribution in [0.2, 0.25) is 0 Å². The minimum atomic E-state index is -0.235. The van der Waals surface area contributed by atoms with E-state index < -0.39 is 0 Å². The first-order valence-corrected chi connectivity index (χ1v) is 10.9. The van der Waals surface area contributed by atoms with E-state index in [2.05, 4.69) is 20.6 Å². The highest BCUT2D eigenvalue weighted by molar-refractivity contribution is 6.21. The molecule has 33 heavy (non-hydrogen) atoms. The molecule has 0 atom stereocenters. The molecule has 1 aromatic heterocycles. The predicted molar refractivity (Wildman–Crippen MR) is 125 cm³/mol. The monoisotopic (exact) mass is 443 g/mol. The summed E-state index contributed by atoms with van der Waals surface area (Å²) in [6, 6.07) is 16.1. The lowest BCUT2D eigenvalue weighted by Gasteiger charge is -2.13. The van der Waals surface area contributed by atoms with Crippen molar-refractivity contribution in [3.8, 4) is 0 Å². The number of anilines is 3. The van der Waals surface area contributed by atoms with Crippen LogP contribution in [0.4, 0.5) is 17.2 Å². The normalized spacial score (nSPS) is 12.6. The number of amides is 3. The van der Waals surface area contributed by atoms with Crippen LogP contribution in [0.3, 0.4) is 0 Å². The standard InChI is InChI=1S/C25H25N5O3/c1-17-15-22(27-16-26-17)28-18-10-12-19(13-11-18)29-23(31)9-3-2-6-14-30-24(32)20-7-4-5-8-21(20)25(30)33/h4-5,7-8,10-13,15-16H,2-3,6,9,14H2,1H3,(H,29,31)(H,26,27,28). The Balaban J connectivity index is 1.17. The number of fused-ring (bicyclic) bond motifs is 1. The Morgan fingerprint density at radius 2 is 1.55 bits per heavy atom. The first kappa shape index (κ1) is 22.1. The molecular formula is C25H25N5O3. The lowest BCUT2D eigenvalue weighted by Crippen LogP contribution is -2.30. The van der Waals surface area contributed by atoms with Crippen molar-refractivity contribution in [3.63, 3.8) is 0 Å². The molecule has 1 aliphatic rings. The van der Waals surface area contributed by atoms with E-state index in [1.807, 2.05) is 37.3 Å². The molecule has 3 aromatic rings. The quantitative estimate of drug-likeness (QED) is 0.377. The molecule has 168 valence electrons. The summed E-state index contributed by atoms with van der Waals surface area (Å²) in [5.74, 6) is 0.172. The zero-order chi connectivity index (χ0) is 23.2. The number of carbonyl (C=O) groups is 3. The number of nitrogens with zero attached hydrogens (tertiary/aromatic N) is 3. The maximum Gasteiger partial charge on any atom is 0.261 e. The number of hydrogen-bond acceptors (Lipinski definition) is 6. The third-order valence-electron chi connectivity index (χ3n) is 5.41. The van der Waals surface area contributed by atoms with Crippen molar-refractivity contribution < 1.29 is 14.4 Å². The van der Waals surface area contributed by atoms with E-state index in [0.717, 1.165) is 23.5 Å². The Hall–Kier alpha value is -4.07. The number of hydrogen-bond donors (Lipinski definition) is 2. The molecular weight excluding hydrogens is 418 g/mol. The first-order chi connectivity index (χ1) is 16.0. The van der Waals surface area contributed by atoms with Gasteiger partial charge >= 0.3 is 0 Å². The summed E-state index contributed by atoms with van der Waals surface area (Å²) in [5, 5.41) is 6.08. The van der Waals surface area contributed by atoms with Crippen LogP contribution < -0.4 is 10.6 Å². The van der Waals surface area contributed by atoms with Crippen LogP contribution in [0.15, 0.2) is 60.9 Å². The van der Waals surface area contributed by atoms with Gasteiger partial charge in [-0.25, -0.2) is 9.97 Å². The maximum atomic E-state index is 12.4. The maximum absolute atomic E-state index is 12.4. The molecule has 2 aromatic carbocycles. The fourth-order valence-corrected chi connectivity index (χ4v) is 3.71. The van der Waals surface area contributed by atoms with E-state index in [4.69, 9.17) is 0 Å². The topological polar surface area (TPSA) is 104 Å². The van der Waals surface area contributed by atoms with Gasteiger partial charge in [0.2, 0.25) is 5.91 Å². The number of nitrogens with one attached hydrogen (secondary N) is 2. The molecule has 3 amide bonds. The second-order valence-electron chi connectivity index (χ2n) is 7.91. The Bertz CT molecular complexity index is 1140. The lowest BCUT2D eigenvalue weighted by molar-refractivity contribution is -0.116. The molecule has 0 unspecified atom stereocenters. The zero-order valence-electron chi connectivity index (χ0n) is 18.4. The lowest BCUT2D eigenvalue weighted by atomic mass is 10.1. The van der Waals surface area contributed by atoms with E-state index in [0.29, 0.717) is 42.8 Å². The largest absolute Gasteiger partial charge is 0.340 e. The molecule has 0 aliphatic carbocycles. The van der Waals surface area contributed by atoms with Gasteiger partial charge < -0.3 is 10.6 Å². The molecule has 8 heteroatoms. The van der Waals surface area contributed by atoms with Gasteiger partial charge in [0.15, 0.2) is 0 Å². The smallest absolute Gasteiger partial charge is 0.261 e. The summed E-state index contributed by atoms with van der Waals surface area (Å²) in [5.41, 5.74) is 3.39. The third-order valence-corrected chi connectivity index (χ3v) is 5.41. The Kier molecular flexibility index (Phi) is 6.73. The van der Waals surface area contributed by atoms with Crippen LogP contribution in [-0.4, -0.2) is 39.1 Å². The fourth-order valence-electron chi connectivity index (χ4n) is 3.71. The number of aromatic nitrogens is 2. The zero-order valence-corrected chi connectivity index (χ0v) is 18.4. The average Bonchev–Trinajstić information content (AvgIpc) is 3.05. The van der Waals surface area contributed by atoms with Gasteiger partial charge in [-0.2, -0.15) is 0 Å². The van der Waals surface area contributed by atoms with E-state index >= 15 is 0 Å². The minimum absolute atomic E-state index is 0.0668. The van der Waals surface area contributed by atoms with Crippen molar-refractivity contribution >= 4 is 34.9 Å². The van der Waals surface area contributed by atoms with Crippen LogP contribution >= 0.6 is 0 Å². The van der Waals surface area contributed by atoms with Crippen LogP contribution in [-0.2, 0) is 4.79 Å². The van der Waals surface area contributed by atoms with Crippen molar-refractivity contribution in [2.45, 2.75) is 32.6 Å². The highest BCUT2D eigenvalue weighted by Gasteiger charge is 2.34. The fraction of sp³-hybridized carbons (Fsp3) is 0.240. The number of carbonyl (C=O) groups excluding carboxylic acids is 3. The van der Waals surface area contributed by atoms with Crippen molar-refractivity contribution in [1.82, 2.24) is 14.9 Å². The molecule has 0 spiro atoms. The number of unbranched alkanes of at least 4 members (excludes halogenated alkanes) is 2. The number of rotatable bonds is 9. The van der Waals surface area contributed by atoms with Crippen molar-refractivity contribution in [2.75, 3.05) is 17.2 Å². The van der Waals surface area contributed by atoms with Gasteiger partial charge in [0.25, 0.3) is 11.8 Å². The van der Waals surface area contributed by atoms with E-state index in [9.17, 15) is 14.4 Å². The predicted octanol–water partition coefficient (Wildman–Crippen LogP) is 4.32. The van der Waals surface area contributed by atoms with E-state index in [-0.39, 0.29) is 17.7 Å². The van der Waals surface area contributed by atoms with E-state index in [1.165, 1.54) is 11.2 Å². The number of imide groups is 1. The minimum Gasteiger partial charge on any atom is -0.340 e. The Morgan fingerprint density at radius 3 is 2.21 bits per heavy atom. The number of aryl methyl sites for hydroxylation is 1. The molecule has 2 N–H and O–H groups in total. The van der Waals surface area contributed by atoms with Crippen LogP contribution in [0.25, 0.3) is 0 Å². The summed E-state index contributed by atoms with van der Waals surface area (Å²) in [7, 11) is 0. The second kappa shape index (κ2) is 10.0. The van der Waals surface area contributed by atoms with E-state index in [1.54, 1.807) is 24.3 Å². The third kappa shape index (κ3) is 5.41. The highest BCUT2D eigenvalue weighted by atomic mass is 16.2. The van der Waals surface area contributed by atoms with Gasteiger partial charge in [-0.1, -0.05) is 18.6 Å². The average molecular weight is 444 g/mol. The molecule has 0 bridgehead atoms. The molecule has 0 saturated carbocycles. The number of benzene rings is 2. The molecule has 1 aliphatic heterocycles. The van der Waals surface area contributed by atoms with Gasteiger partial charge in [-0.3, -0.25) is 19.3 Å². The summed E-state index contributed by atoms with van der Waals surface area (Å²) >= 11 is 0. The SMILES string of the molecule is Cc1cc(Nc2ccc(NC(=O)CCCCCN3C(=O)c4ccccc4C3=O)cc2)ncn1. The van der Waals surface area contributed by atoms with Crippen molar-refractivity contribution in [3.05, 3.63) is 77.7 Å². The van der Waals surface area contributed by atoms with Crippen LogP contribution in [0.1, 0.15) is 52.1 Å². The summed E-state index contributed by atoms with van der Waals surface area (Å²) in [4.78, 5) is 46.5. The summed E-state index contributed by atoms with van der Waals surface area (Å²) < 4.78 is 0. The van der Waals surface area contributed by atoms with Gasteiger partial charge in [0, 0.05) is 36.1 Å². The molecule has 4 rings (SSSR count). The van der Waals surface area contributed by atoms with Gasteiger partial charge in [0.1, 0.15) is 12.1 Å². The summed E-state index contributed by atoms with van der Waals surface area (Å²) in [6.45, 7) is 2.27. The van der Waals surface area contributed by atoms with Gasteiger partial charge in [-0.15, -0.1) is 0 Å². The Morgan fingerprint density at radius 1 is 0.879 bits per heavy atom. The first-order valence-electron chi connectivity index (χ1n) is 10.9. The molecule has 0 fully saturated rings. The van der Waals surface area contributed by atoms with Crippen LogP contribution in [0, 0.1) is 6.92 Å².